The molecule has 1 aromatic rings. The average molecular weight is 280 g/mol. The smallest absolute Gasteiger partial charge is 0.228 e. The summed E-state index contributed by atoms with van der Waals surface area (Å²) in [4.78, 5) is 4.07. The summed E-state index contributed by atoms with van der Waals surface area (Å²) < 4.78 is 6.33. The molecule has 0 saturated heterocycles. The molecule has 1 N–H and O–H groups in total. The summed E-state index contributed by atoms with van der Waals surface area (Å²) in [5.74, 6) is 0.567. The quantitative estimate of drug-likeness (QED) is 0.919. The van der Waals surface area contributed by atoms with E-state index in [-0.39, 0.29) is 6.10 Å². The normalized spacial score (nSPS) is 12.6. The van der Waals surface area contributed by atoms with Crippen molar-refractivity contribution in [3.05, 3.63) is 21.8 Å². The van der Waals surface area contributed by atoms with E-state index in [2.05, 4.69) is 26.2 Å². The summed E-state index contributed by atoms with van der Waals surface area (Å²) in [7, 11) is 1.88. The van der Waals surface area contributed by atoms with Crippen molar-refractivity contribution in [3.8, 4) is 5.88 Å². The summed E-state index contributed by atoms with van der Waals surface area (Å²) in [6.45, 7) is 2.75. The second kappa shape index (κ2) is 5.53. The molecule has 0 amide bonds. The van der Waals surface area contributed by atoms with Gasteiger partial charge in [-0.2, -0.15) is 0 Å². The van der Waals surface area contributed by atoms with E-state index in [1.54, 1.807) is 12.3 Å². The van der Waals surface area contributed by atoms with Crippen molar-refractivity contribution in [1.29, 1.82) is 0 Å². The van der Waals surface area contributed by atoms with Crippen LogP contribution in [0.5, 0.6) is 5.88 Å². The molecule has 0 aromatic carbocycles. The Morgan fingerprint density at radius 3 is 3.00 bits per heavy atom. The molecule has 0 fully saturated rings. The maximum atomic E-state index is 5.75. The molecule has 1 atom stereocenters. The third-order valence-electron chi connectivity index (χ3n) is 1.58. The lowest BCUT2D eigenvalue weighted by Gasteiger charge is -2.14. The van der Waals surface area contributed by atoms with Crippen LogP contribution in [0.3, 0.4) is 0 Å². The molecule has 14 heavy (non-hydrogen) atoms. The third kappa shape index (κ3) is 3.44. The fourth-order valence-electron chi connectivity index (χ4n) is 1.01. The van der Waals surface area contributed by atoms with Crippen LogP contribution in [0.15, 0.2) is 16.7 Å². The number of halogens is 2. The molecular formula is C9H12BrClN2O. The van der Waals surface area contributed by atoms with Crippen molar-refractivity contribution < 1.29 is 4.74 Å². The first-order valence-corrected chi connectivity index (χ1v) is 5.43. The summed E-state index contributed by atoms with van der Waals surface area (Å²) in [5, 5.41) is 3.61. The van der Waals surface area contributed by atoms with E-state index in [0.29, 0.717) is 10.9 Å². The van der Waals surface area contributed by atoms with Crippen molar-refractivity contribution in [2.24, 2.45) is 0 Å². The number of pyridine rings is 1. The third-order valence-corrected chi connectivity index (χ3v) is 2.35. The van der Waals surface area contributed by atoms with Gasteiger partial charge in [-0.25, -0.2) is 4.98 Å². The fourth-order valence-corrected chi connectivity index (χ4v) is 1.74. The molecule has 0 saturated carbocycles. The van der Waals surface area contributed by atoms with Crippen molar-refractivity contribution in [2.75, 3.05) is 13.6 Å². The second-order valence-corrected chi connectivity index (χ2v) is 4.22. The number of likely N-dealkylation sites (N-methyl/N-ethyl adjacent to an activating group) is 1. The molecule has 78 valence electrons. The van der Waals surface area contributed by atoms with Gasteiger partial charge in [0.15, 0.2) is 0 Å². The van der Waals surface area contributed by atoms with Gasteiger partial charge in [0.1, 0.15) is 6.10 Å². The Balaban J connectivity index is 2.67. The first kappa shape index (κ1) is 11.8. The lowest BCUT2D eigenvalue weighted by atomic mass is 10.4. The highest BCUT2D eigenvalue weighted by Gasteiger charge is 2.07. The van der Waals surface area contributed by atoms with E-state index in [1.807, 2.05) is 14.0 Å². The summed E-state index contributed by atoms with van der Waals surface area (Å²) in [6.07, 6.45) is 1.64. The van der Waals surface area contributed by atoms with Crippen LogP contribution in [0.25, 0.3) is 0 Å². The fraction of sp³-hybridized carbons (Fsp3) is 0.444. The van der Waals surface area contributed by atoms with Gasteiger partial charge in [0, 0.05) is 12.7 Å². The number of hydrogen-bond donors (Lipinski definition) is 1. The van der Waals surface area contributed by atoms with Crippen LogP contribution >= 0.6 is 27.5 Å². The largest absolute Gasteiger partial charge is 0.472 e. The number of nitrogens with zero attached hydrogens (tertiary/aromatic N) is 1. The van der Waals surface area contributed by atoms with Gasteiger partial charge < -0.3 is 10.1 Å². The maximum absolute atomic E-state index is 5.75. The van der Waals surface area contributed by atoms with E-state index < -0.39 is 0 Å². The molecule has 0 aliphatic carbocycles. The second-order valence-electron chi connectivity index (χ2n) is 2.93. The number of ether oxygens (including phenoxy) is 1. The van der Waals surface area contributed by atoms with Gasteiger partial charge in [-0.05, 0) is 36.0 Å². The summed E-state index contributed by atoms with van der Waals surface area (Å²) >= 11 is 9.09. The topological polar surface area (TPSA) is 34.1 Å². The van der Waals surface area contributed by atoms with Crippen molar-refractivity contribution in [3.63, 3.8) is 0 Å². The van der Waals surface area contributed by atoms with Crippen LogP contribution in [0.4, 0.5) is 0 Å². The highest BCUT2D eigenvalue weighted by Crippen LogP contribution is 2.25. The van der Waals surface area contributed by atoms with Gasteiger partial charge in [-0.15, -0.1) is 0 Å². The lowest BCUT2D eigenvalue weighted by molar-refractivity contribution is 0.210. The van der Waals surface area contributed by atoms with Gasteiger partial charge in [0.05, 0.1) is 9.50 Å². The number of aromatic nitrogens is 1. The minimum atomic E-state index is 0.0741. The minimum Gasteiger partial charge on any atom is -0.472 e. The first-order valence-electron chi connectivity index (χ1n) is 4.25. The van der Waals surface area contributed by atoms with Crippen molar-refractivity contribution in [1.82, 2.24) is 10.3 Å². The van der Waals surface area contributed by atoms with Gasteiger partial charge in [-0.1, -0.05) is 11.6 Å². The van der Waals surface area contributed by atoms with Gasteiger partial charge >= 0.3 is 0 Å². The predicted octanol–water partition coefficient (Wildman–Crippen LogP) is 2.48. The van der Waals surface area contributed by atoms with Crippen LogP contribution < -0.4 is 10.1 Å². The molecule has 5 heteroatoms. The minimum absolute atomic E-state index is 0.0741. The van der Waals surface area contributed by atoms with Crippen LogP contribution in [0, 0.1) is 0 Å². The average Bonchev–Trinajstić information content (AvgIpc) is 2.10. The highest BCUT2D eigenvalue weighted by molar-refractivity contribution is 9.10. The lowest BCUT2D eigenvalue weighted by Crippen LogP contribution is -2.26. The van der Waals surface area contributed by atoms with Crippen molar-refractivity contribution in [2.45, 2.75) is 13.0 Å². The van der Waals surface area contributed by atoms with Crippen LogP contribution in [0.1, 0.15) is 6.92 Å². The zero-order valence-corrected chi connectivity index (χ0v) is 10.4. The Hall–Kier alpha value is -0.320. The van der Waals surface area contributed by atoms with E-state index >= 15 is 0 Å². The zero-order chi connectivity index (χ0) is 10.6. The number of rotatable bonds is 4. The van der Waals surface area contributed by atoms with Gasteiger partial charge in [-0.3, -0.25) is 0 Å². The number of nitrogens with one attached hydrogen (secondary N) is 1. The molecule has 0 bridgehead atoms. The van der Waals surface area contributed by atoms with Crippen LogP contribution in [-0.4, -0.2) is 24.7 Å². The molecule has 1 unspecified atom stereocenters. The van der Waals surface area contributed by atoms with Crippen molar-refractivity contribution >= 4 is 27.5 Å². The summed E-state index contributed by atoms with van der Waals surface area (Å²) in [6, 6.07) is 1.76. The molecule has 0 radical (unpaired) electrons. The molecule has 1 aromatic heterocycles. The molecular weight excluding hydrogens is 267 g/mol. The van der Waals surface area contributed by atoms with Crippen LogP contribution in [0.2, 0.25) is 5.02 Å². The van der Waals surface area contributed by atoms with E-state index in [0.717, 1.165) is 11.0 Å². The molecule has 0 aliphatic heterocycles. The number of hydrogen-bond acceptors (Lipinski definition) is 3. The maximum Gasteiger partial charge on any atom is 0.228 e. The molecule has 0 spiro atoms. The predicted molar refractivity (Wildman–Crippen MR) is 61.0 cm³/mol. The Kier molecular flexibility index (Phi) is 4.65. The highest BCUT2D eigenvalue weighted by atomic mass is 79.9. The summed E-state index contributed by atoms with van der Waals surface area (Å²) in [5.41, 5.74) is 0. The molecule has 1 rings (SSSR count). The van der Waals surface area contributed by atoms with Gasteiger partial charge in [0.2, 0.25) is 5.88 Å². The Morgan fingerprint density at radius 2 is 2.43 bits per heavy atom. The Bertz CT molecular complexity index is 309. The zero-order valence-electron chi connectivity index (χ0n) is 8.05. The molecule has 3 nitrogen and oxygen atoms in total. The van der Waals surface area contributed by atoms with E-state index in [1.165, 1.54) is 0 Å². The molecule has 1 heterocycles. The SMILES string of the molecule is CNCC(C)Oc1ncc(Cl)cc1Br. The monoisotopic (exact) mass is 278 g/mol. The first-order chi connectivity index (χ1) is 6.63. The molecule has 0 aliphatic rings. The Labute approximate surface area is 96.9 Å². The van der Waals surface area contributed by atoms with E-state index in [9.17, 15) is 0 Å². The van der Waals surface area contributed by atoms with E-state index in [4.69, 9.17) is 16.3 Å². The van der Waals surface area contributed by atoms with Gasteiger partial charge in [0.25, 0.3) is 0 Å². The standard InChI is InChI=1S/C9H12BrClN2O/c1-6(4-12-2)14-9-8(10)3-7(11)5-13-9/h3,5-6,12H,4H2,1-2H3. The Morgan fingerprint density at radius 1 is 1.71 bits per heavy atom. The van der Waals surface area contributed by atoms with Crippen LogP contribution in [-0.2, 0) is 0 Å².